The summed E-state index contributed by atoms with van der Waals surface area (Å²) in [5, 5.41) is 9.11. The molecule has 0 aromatic heterocycles. The predicted molar refractivity (Wildman–Crippen MR) is 142 cm³/mol. The molecule has 1 fully saturated rings. The van der Waals surface area contributed by atoms with Crippen LogP contribution < -0.4 is 18.7 Å². The second kappa shape index (κ2) is 10.6. The Balaban J connectivity index is 1.47. The Labute approximate surface area is 229 Å². The molecule has 212 valence electrons. The monoisotopic (exact) mass is 576 g/mol. The number of aliphatic carboxylic acids is 1. The van der Waals surface area contributed by atoms with Crippen LogP contribution in [0, 0.1) is 0 Å². The van der Waals surface area contributed by atoms with E-state index in [0.717, 1.165) is 39.5 Å². The van der Waals surface area contributed by atoms with E-state index in [1.807, 2.05) is 24.3 Å². The molecule has 3 aromatic rings. The number of carboxylic acid groups (broad SMARTS) is 1. The molecule has 0 aliphatic carbocycles. The Bertz CT molecular complexity index is 1520. The van der Waals surface area contributed by atoms with Crippen LogP contribution in [0.2, 0.25) is 0 Å². The molecule has 0 amide bonds. The molecule has 0 saturated carbocycles. The van der Waals surface area contributed by atoms with Gasteiger partial charge < -0.3 is 19.5 Å². The van der Waals surface area contributed by atoms with Crippen LogP contribution in [0.15, 0.2) is 71.6 Å². The highest BCUT2D eigenvalue weighted by atomic mass is 32.2. The van der Waals surface area contributed by atoms with Crippen molar-refractivity contribution in [1.82, 2.24) is 0 Å². The van der Waals surface area contributed by atoms with Crippen molar-refractivity contribution in [1.29, 1.82) is 0 Å². The third kappa shape index (κ3) is 5.40. The summed E-state index contributed by atoms with van der Waals surface area (Å²) in [7, 11) is -2.84. The molecule has 12 heteroatoms. The van der Waals surface area contributed by atoms with Gasteiger partial charge in [-0.25, -0.2) is 8.42 Å². The van der Waals surface area contributed by atoms with Crippen LogP contribution in [0.3, 0.4) is 0 Å². The number of fused-ring (bicyclic) bond motifs is 1. The maximum absolute atomic E-state index is 13.7. The SMILES string of the molecule is COc1ccccc1C1CN(c2ccc3c(c2)N(S(=O)(=O)c2cccc(C(F)(F)F)c2)C[C@H](CCC(=O)O)O3)C1. The number of methoxy groups -OCH3 is 1. The minimum absolute atomic E-state index is 0.0256. The number of alkyl halides is 3. The molecule has 0 bridgehead atoms. The van der Waals surface area contributed by atoms with Crippen molar-refractivity contribution in [3.63, 3.8) is 0 Å². The minimum Gasteiger partial charge on any atom is -0.496 e. The van der Waals surface area contributed by atoms with Gasteiger partial charge in [0.1, 0.15) is 17.6 Å². The molecule has 3 aromatic carbocycles. The van der Waals surface area contributed by atoms with Gasteiger partial charge in [0.05, 0.1) is 29.8 Å². The molecule has 8 nitrogen and oxygen atoms in total. The lowest BCUT2D eigenvalue weighted by atomic mass is 9.90. The summed E-state index contributed by atoms with van der Waals surface area (Å²) in [6.45, 7) is 1.06. The first-order valence-electron chi connectivity index (χ1n) is 12.6. The summed E-state index contributed by atoms with van der Waals surface area (Å²) in [6, 6.07) is 16.3. The van der Waals surface area contributed by atoms with Gasteiger partial charge in [0.25, 0.3) is 10.0 Å². The summed E-state index contributed by atoms with van der Waals surface area (Å²) in [5.74, 6) is 0.132. The molecular weight excluding hydrogens is 549 g/mol. The van der Waals surface area contributed by atoms with E-state index in [4.69, 9.17) is 14.6 Å². The van der Waals surface area contributed by atoms with Crippen molar-refractivity contribution in [2.75, 3.05) is 35.9 Å². The lowest BCUT2D eigenvalue weighted by molar-refractivity contribution is -0.138. The third-order valence-electron chi connectivity index (χ3n) is 7.13. The van der Waals surface area contributed by atoms with Gasteiger partial charge in [-0.05, 0) is 48.9 Å². The van der Waals surface area contributed by atoms with Crippen LogP contribution in [0.4, 0.5) is 24.5 Å². The molecule has 1 saturated heterocycles. The average Bonchev–Trinajstić information content (AvgIpc) is 2.90. The number of benzene rings is 3. The number of para-hydroxylation sites is 1. The van der Waals surface area contributed by atoms with E-state index >= 15 is 0 Å². The molecule has 5 rings (SSSR count). The van der Waals surface area contributed by atoms with Crippen LogP contribution in [-0.4, -0.2) is 52.3 Å². The van der Waals surface area contributed by atoms with E-state index in [-0.39, 0.29) is 36.7 Å². The molecule has 1 N–H and O–H groups in total. The Morgan fingerprint density at radius 2 is 1.80 bits per heavy atom. The first-order valence-corrected chi connectivity index (χ1v) is 14.0. The second-order valence-electron chi connectivity index (χ2n) is 9.73. The van der Waals surface area contributed by atoms with Gasteiger partial charge in [-0.2, -0.15) is 13.2 Å². The van der Waals surface area contributed by atoms with Crippen molar-refractivity contribution < 1.29 is 41.0 Å². The van der Waals surface area contributed by atoms with E-state index in [1.165, 1.54) is 0 Å². The minimum atomic E-state index is -4.72. The van der Waals surface area contributed by atoms with Crippen LogP contribution in [0.1, 0.15) is 29.9 Å². The summed E-state index contributed by atoms with van der Waals surface area (Å²) in [4.78, 5) is 12.7. The molecule has 0 radical (unpaired) electrons. The molecule has 2 aliphatic rings. The quantitative estimate of drug-likeness (QED) is 0.397. The molecule has 0 unspecified atom stereocenters. The van der Waals surface area contributed by atoms with Crippen LogP contribution in [-0.2, 0) is 21.0 Å². The highest BCUT2D eigenvalue weighted by Gasteiger charge is 2.38. The number of nitrogens with zero attached hydrogens (tertiary/aromatic N) is 2. The normalized spacial score (nSPS) is 17.6. The number of rotatable bonds is 8. The van der Waals surface area contributed by atoms with Gasteiger partial charge in [-0.3, -0.25) is 9.10 Å². The van der Waals surface area contributed by atoms with Gasteiger partial charge >= 0.3 is 12.1 Å². The number of carboxylic acids is 1. The van der Waals surface area contributed by atoms with Gasteiger partial charge in [0.15, 0.2) is 0 Å². The van der Waals surface area contributed by atoms with E-state index in [9.17, 15) is 26.4 Å². The Hall–Kier alpha value is -3.93. The lowest BCUT2D eigenvalue weighted by Crippen LogP contribution is -2.46. The van der Waals surface area contributed by atoms with E-state index in [0.29, 0.717) is 19.2 Å². The molecule has 1 atom stereocenters. The fourth-order valence-corrected chi connectivity index (χ4v) is 6.55. The smallest absolute Gasteiger partial charge is 0.416 e. The molecule has 2 aliphatic heterocycles. The number of hydrogen-bond donors (Lipinski definition) is 1. The number of halogens is 3. The zero-order valence-electron chi connectivity index (χ0n) is 21.5. The maximum Gasteiger partial charge on any atom is 0.416 e. The predicted octanol–water partition coefficient (Wildman–Crippen LogP) is 5.14. The zero-order chi connectivity index (χ0) is 28.7. The number of hydrogen-bond acceptors (Lipinski definition) is 6. The van der Waals surface area contributed by atoms with Gasteiger partial charge in [-0.15, -0.1) is 0 Å². The molecular formula is C28H27F3N2O6S. The zero-order valence-corrected chi connectivity index (χ0v) is 22.3. The van der Waals surface area contributed by atoms with Gasteiger partial charge in [0, 0.05) is 36.7 Å². The highest BCUT2D eigenvalue weighted by Crippen LogP contribution is 2.43. The molecule has 2 heterocycles. The first kappa shape index (κ1) is 27.6. The summed E-state index contributed by atoms with van der Waals surface area (Å²) in [6.07, 6.45) is -5.75. The second-order valence-corrected chi connectivity index (χ2v) is 11.6. The number of sulfonamides is 1. The third-order valence-corrected chi connectivity index (χ3v) is 8.90. The van der Waals surface area contributed by atoms with E-state index in [1.54, 1.807) is 25.3 Å². The highest BCUT2D eigenvalue weighted by molar-refractivity contribution is 7.92. The summed E-state index contributed by atoms with van der Waals surface area (Å²) >= 11 is 0. The fraction of sp³-hybridized carbons (Fsp3) is 0.321. The number of carbonyl (C=O) groups is 1. The van der Waals surface area contributed by atoms with Crippen molar-refractivity contribution in [2.24, 2.45) is 0 Å². The fourth-order valence-electron chi connectivity index (χ4n) is 5.01. The van der Waals surface area contributed by atoms with E-state index < -0.39 is 38.7 Å². The van der Waals surface area contributed by atoms with Crippen molar-refractivity contribution >= 4 is 27.4 Å². The Kier molecular flexibility index (Phi) is 7.30. The summed E-state index contributed by atoms with van der Waals surface area (Å²) in [5.41, 5.74) is 0.891. The average molecular weight is 577 g/mol. The first-order chi connectivity index (χ1) is 19.0. The van der Waals surface area contributed by atoms with Crippen molar-refractivity contribution in [2.45, 2.75) is 35.9 Å². The van der Waals surface area contributed by atoms with Gasteiger partial charge in [0.2, 0.25) is 0 Å². The van der Waals surface area contributed by atoms with Crippen LogP contribution >= 0.6 is 0 Å². The number of anilines is 2. The van der Waals surface area contributed by atoms with Gasteiger partial charge in [-0.1, -0.05) is 24.3 Å². The molecule has 0 spiro atoms. The Morgan fingerprint density at radius 1 is 1.05 bits per heavy atom. The standard InChI is InChI=1S/C28H27F3N2O6S/c1-38-25-8-3-2-7-23(25)18-15-32(16-18)20-9-11-26-24(14-20)33(17-21(39-26)10-12-27(34)35)40(36,37)22-6-4-5-19(13-22)28(29,30)31/h2-9,11,13-14,18,21H,10,12,15-17H2,1H3,(H,34,35)/t21-/m0/s1. The van der Waals surface area contributed by atoms with Crippen molar-refractivity contribution in [3.8, 4) is 11.5 Å². The van der Waals surface area contributed by atoms with Crippen molar-refractivity contribution in [3.05, 3.63) is 77.9 Å². The van der Waals surface area contributed by atoms with Crippen LogP contribution in [0.25, 0.3) is 0 Å². The Morgan fingerprint density at radius 3 is 2.50 bits per heavy atom. The maximum atomic E-state index is 13.7. The summed E-state index contributed by atoms with van der Waals surface area (Å²) < 4.78 is 80.0. The lowest BCUT2D eigenvalue weighted by Gasteiger charge is -2.43. The van der Waals surface area contributed by atoms with E-state index in [2.05, 4.69) is 4.90 Å². The van der Waals surface area contributed by atoms with Crippen LogP contribution in [0.5, 0.6) is 11.5 Å². The molecule has 40 heavy (non-hydrogen) atoms. The largest absolute Gasteiger partial charge is 0.496 e. The topological polar surface area (TPSA) is 96.4 Å². The number of ether oxygens (including phenoxy) is 2.